The molecule has 6 heteroatoms. The van der Waals surface area contributed by atoms with Crippen LogP contribution in [0.25, 0.3) is 0 Å². The fourth-order valence-electron chi connectivity index (χ4n) is 5.63. The molecule has 0 saturated carbocycles. The fraction of sp³-hybridized carbons (Fsp3) is 0.653. The first-order valence-corrected chi connectivity index (χ1v) is 22.1. The smallest absolute Gasteiger partial charge is 0.309 e. The first-order chi connectivity index (χ1) is 27.0. The molecule has 55 heavy (non-hydrogen) atoms. The van der Waals surface area contributed by atoms with Crippen molar-refractivity contribution in [2.45, 2.75) is 194 Å². The summed E-state index contributed by atoms with van der Waals surface area (Å²) in [6, 6.07) is 0. The van der Waals surface area contributed by atoms with E-state index in [2.05, 4.69) is 93.7 Å². The van der Waals surface area contributed by atoms with Crippen LogP contribution in [0.2, 0.25) is 0 Å². The number of carbonyl (C=O) groups excluding carboxylic acids is 3. The highest BCUT2D eigenvalue weighted by molar-refractivity contribution is 5.72. The van der Waals surface area contributed by atoms with Crippen LogP contribution in [0.3, 0.4) is 0 Å². The summed E-state index contributed by atoms with van der Waals surface area (Å²) in [7, 11) is 0. The van der Waals surface area contributed by atoms with E-state index in [1.807, 2.05) is 6.08 Å². The van der Waals surface area contributed by atoms with Crippen LogP contribution in [0.15, 0.2) is 85.1 Å². The third kappa shape index (κ3) is 41.6. The van der Waals surface area contributed by atoms with Gasteiger partial charge in [0.25, 0.3) is 0 Å². The van der Waals surface area contributed by atoms with E-state index in [1.54, 1.807) is 6.08 Å². The molecule has 0 radical (unpaired) electrons. The maximum Gasteiger partial charge on any atom is 0.309 e. The van der Waals surface area contributed by atoms with Crippen molar-refractivity contribution in [3.05, 3.63) is 85.1 Å². The lowest BCUT2D eigenvalue weighted by molar-refractivity contribution is -0.166. The fourth-order valence-corrected chi connectivity index (χ4v) is 5.63. The third-order valence-corrected chi connectivity index (χ3v) is 8.90. The molecule has 0 N–H and O–H groups in total. The van der Waals surface area contributed by atoms with Crippen molar-refractivity contribution >= 4 is 17.9 Å². The molecule has 0 aromatic heterocycles. The lowest BCUT2D eigenvalue weighted by atomic mass is 10.1. The van der Waals surface area contributed by atoms with Gasteiger partial charge in [0.2, 0.25) is 0 Å². The van der Waals surface area contributed by atoms with Gasteiger partial charge in [0.05, 0.1) is 6.42 Å². The number of hydrogen-bond donors (Lipinski definition) is 0. The molecule has 1 unspecified atom stereocenters. The molecule has 1 atom stereocenters. The number of unbranched alkanes of at least 4 members (excludes halogenated alkanes) is 14. The molecule has 312 valence electrons. The molecule has 0 aliphatic rings. The van der Waals surface area contributed by atoms with Crippen LogP contribution in [-0.4, -0.2) is 37.2 Å². The first-order valence-electron chi connectivity index (χ1n) is 22.1. The van der Waals surface area contributed by atoms with Gasteiger partial charge < -0.3 is 14.2 Å². The number of esters is 3. The van der Waals surface area contributed by atoms with Gasteiger partial charge in [0.15, 0.2) is 6.10 Å². The number of rotatable bonds is 38. The summed E-state index contributed by atoms with van der Waals surface area (Å²) in [5.74, 6) is -1.11. The molecule has 0 amide bonds. The van der Waals surface area contributed by atoms with Crippen molar-refractivity contribution in [1.29, 1.82) is 0 Å². The van der Waals surface area contributed by atoms with Gasteiger partial charge >= 0.3 is 17.9 Å². The molecule has 0 rings (SSSR count). The Morgan fingerprint density at radius 2 is 0.782 bits per heavy atom. The summed E-state index contributed by atoms with van der Waals surface area (Å²) < 4.78 is 16.5. The predicted octanol–water partition coefficient (Wildman–Crippen LogP) is 14.1. The molecule has 0 aliphatic carbocycles. The maximum atomic E-state index is 12.7. The van der Waals surface area contributed by atoms with Crippen molar-refractivity contribution < 1.29 is 28.6 Å². The lowest BCUT2D eigenvalue weighted by Gasteiger charge is -2.18. The van der Waals surface area contributed by atoms with E-state index < -0.39 is 12.1 Å². The van der Waals surface area contributed by atoms with Crippen molar-refractivity contribution in [3.8, 4) is 0 Å². The second kappa shape index (κ2) is 43.3. The molecule has 0 aromatic rings. The summed E-state index contributed by atoms with van der Waals surface area (Å²) in [4.78, 5) is 37.5. The standard InChI is InChI=1S/C49H80O6/c1-4-7-10-13-16-19-21-23-24-25-26-28-30-33-36-39-42-48(51)54-45-46(44-53-47(50)41-38-35-32-29-18-15-12-9-6-3)55-49(52)43-40-37-34-31-27-22-20-17-14-11-8-5-2/h8-9,11-12,17-18,20,24-25,27,29,31,35,38,46H,4-7,10,13-16,19,21-23,26,28,30,32-34,36-37,39-45H2,1-3H3/b11-8-,12-9-,20-17-,25-24-,29-18-,31-27-,38-35-. The quantitative estimate of drug-likeness (QED) is 0.0270. The summed E-state index contributed by atoms with van der Waals surface area (Å²) >= 11 is 0. The highest BCUT2D eigenvalue weighted by Gasteiger charge is 2.19. The van der Waals surface area contributed by atoms with E-state index in [1.165, 1.54) is 57.8 Å². The van der Waals surface area contributed by atoms with E-state index in [9.17, 15) is 14.4 Å². The average molecular weight is 765 g/mol. The van der Waals surface area contributed by atoms with E-state index in [0.717, 1.165) is 83.5 Å². The Labute approximate surface area is 337 Å². The molecule has 0 saturated heterocycles. The second-order valence-electron chi connectivity index (χ2n) is 14.2. The molecular weight excluding hydrogens is 685 g/mol. The normalized spacial score (nSPS) is 12.9. The van der Waals surface area contributed by atoms with Gasteiger partial charge in [-0.1, -0.05) is 164 Å². The van der Waals surface area contributed by atoms with Crippen LogP contribution < -0.4 is 0 Å². The van der Waals surface area contributed by atoms with Gasteiger partial charge in [0.1, 0.15) is 13.2 Å². The van der Waals surface area contributed by atoms with E-state index in [0.29, 0.717) is 12.8 Å². The summed E-state index contributed by atoms with van der Waals surface area (Å²) in [5.41, 5.74) is 0. The average Bonchev–Trinajstić information content (AvgIpc) is 3.18. The Morgan fingerprint density at radius 1 is 0.400 bits per heavy atom. The van der Waals surface area contributed by atoms with Crippen LogP contribution in [0.4, 0.5) is 0 Å². The number of allylic oxidation sites excluding steroid dienone is 13. The highest BCUT2D eigenvalue weighted by atomic mass is 16.6. The van der Waals surface area contributed by atoms with E-state index in [4.69, 9.17) is 14.2 Å². The molecule has 0 aliphatic heterocycles. The minimum absolute atomic E-state index is 0.124. The van der Waals surface area contributed by atoms with Crippen LogP contribution in [0, 0.1) is 0 Å². The predicted molar refractivity (Wildman–Crippen MR) is 233 cm³/mol. The summed E-state index contributed by atoms with van der Waals surface area (Å²) in [5, 5.41) is 0. The Bertz CT molecular complexity index is 1110. The zero-order valence-electron chi connectivity index (χ0n) is 35.4. The molecule has 0 bridgehead atoms. The van der Waals surface area contributed by atoms with Crippen LogP contribution in [0.5, 0.6) is 0 Å². The number of carbonyl (C=O) groups is 3. The van der Waals surface area contributed by atoms with Crippen LogP contribution in [-0.2, 0) is 28.6 Å². The Kier molecular flexibility index (Phi) is 40.6. The lowest BCUT2D eigenvalue weighted by Crippen LogP contribution is -2.30. The van der Waals surface area contributed by atoms with Gasteiger partial charge in [-0.2, -0.15) is 0 Å². The Balaban J connectivity index is 4.48. The number of hydrogen-bond acceptors (Lipinski definition) is 6. The van der Waals surface area contributed by atoms with Gasteiger partial charge in [-0.3, -0.25) is 14.4 Å². The van der Waals surface area contributed by atoms with Crippen LogP contribution in [0.1, 0.15) is 188 Å². The van der Waals surface area contributed by atoms with Crippen LogP contribution >= 0.6 is 0 Å². The van der Waals surface area contributed by atoms with E-state index >= 15 is 0 Å². The third-order valence-electron chi connectivity index (χ3n) is 8.90. The zero-order valence-corrected chi connectivity index (χ0v) is 35.4. The Morgan fingerprint density at radius 3 is 1.33 bits per heavy atom. The van der Waals surface area contributed by atoms with Gasteiger partial charge in [-0.25, -0.2) is 0 Å². The molecule has 0 fully saturated rings. The maximum absolute atomic E-state index is 12.7. The highest BCUT2D eigenvalue weighted by Crippen LogP contribution is 2.12. The van der Waals surface area contributed by atoms with Gasteiger partial charge in [-0.05, 0) is 89.9 Å². The molecule has 0 aromatic carbocycles. The number of ether oxygens (including phenoxy) is 3. The minimum Gasteiger partial charge on any atom is -0.462 e. The van der Waals surface area contributed by atoms with Crippen molar-refractivity contribution in [2.75, 3.05) is 13.2 Å². The SMILES string of the molecule is CC/C=C\C/C=C\C/C=C\CCCCC(=O)OC(COC(=O)C/C=C\C/C=C\C/C=C\CC)COC(=O)CCCCCCC/C=C\CCCCCCCCC. The molecule has 0 heterocycles. The molecular formula is C49H80O6. The van der Waals surface area contributed by atoms with E-state index in [-0.39, 0.29) is 38.0 Å². The largest absolute Gasteiger partial charge is 0.462 e. The van der Waals surface area contributed by atoms with Crippen molar-refractivity contribution in [1.82, 2.24) is 0 Å². The summed E-state index contributed by atoms with van der Waals surface area (Å²) in [6.45, 7) is 6.23. The molecule has 0 spiro atoms. The Hall–Kier alpha value is -3.41. The van der Waals surface area contributed by atoms with Gasteiger partial charge in [0, 0.05) is 12.8 Å². The zero-order chi connectivity index (χ0) is 40.1. The first kappa shape index (κ1) is 51.6. The monoisotopic (exact) mass is 765 g/mol. The van der Waals surface area contributed by atoms with Gasteiger partial charge in [-0.15, -0.1) is 0 Å². The van der Waals surface area contributed by atoms with Crippen molar-refractivity contribution in [3.63, 3.8) is 0 Å². The second-order valence-corrected chi connectivity index (χ2v) is 14.2. The van der Waals surface area contributed by atoms with Crippen molar-refractivity contribution in [2.24, 2.45) is 0 Å². The topological polar surface area (TPSA) is 78.9 Å². The molecule has 6 nitrogen and oxygen atoms in total. The minimum atomic E-state index is -0.832. The summed E-state index contributed by atoms with van der Waals surface area (Å²) in [6.07, 6.45) is 54.7.